The summed E-state index contributed by atoms with van der Waals surface area (Å²) in [5, 5.41) is 0. The summed E-state index contributed by atoms with van der Waals surface area (Å²) in [4.78, 5) is 22.5. The smallest absolute Gasteiger partial charge is 0.306 e. The number of methoxy groups -OCH3 is 1. The lowest BCUT2D eigenvalue weighted by Crippen LogP contribution is -2.42. The molecule has 3 heteroatoms. The molecule has 3 atom stereocenters. The van der Waals surface area contributed by atoms with Gasteiger partial charge in [0.1, 0.15) is 6.29 Å². The molecule has 0 bridgehead atoms. The number of esters is 1. The maximum Gasteiger partial charge on any atom is 0.306 e. The number of carbonyl (C=O) groups is 2. The Labute approximate surface area is 103 Å². The highest BCUT2D eigenvalue weighted by Crippen LogP contribution is 2.72. The van der Waals surface area contributed by atoms with Gasteiger partial charge in [0, 0.05) is 6.42 Å². The number of carbonyl (C=O) groups excluding carboxylic acids is 2. The van der Waals surface area contributed by atoms with Crippen LogP contribution in [0.3, 0.4) is 0 Å². The lowest BCUT2D eigenvalue weighted by molar-refractivity contribution is -0.143. The van der Waals surface area contributed by atoms with Crippen LogP contribution in [0.25, 0.3) is 0 Å². The van der Waals surface area contributed by atoms with Gasteiger partial charge in [-0.3, -0.25) is 4.79 Å². The minimum atomic E-state index is -0.180. The zero-order valence-corrected chi connectivity index (χ0v) is 11.0. The molecular formula is C14H22O3. The summed E-state index contributed by atoms with van der Waals surface area (Å²) in [6.45, 7) is 4.61. The molecule has 0 amide bonds. The number of hydrogen-bond donors (Lipinski definition) is 0. The highest BCUT2D eigenvalue weighted by molar-refractivity contribution is 5.71. The van der Waals surface area contributed by atoms with Crippen LogP contribution in [-0.4, -0.2) is 19.4 Å². The molecule has 0 aliphatic heterocycles. The number of hydrogen-bond acceptors (Lipinski definition) is 3. The van der Waals surface area contributed by atoms with Crippen LogP contribution in [0.15, 0.2) is 0 Å². The van der Waals surface area contributed by atoms with Crippen molar-refractivity contribution in [2.75, 3.05) is 7.11 Å². The van der Waals surface area contributed by atoms with Crippen molar-refractivity contribution in [1.29, 1.82) is 0 Å². The molecule has 2 rings (SSSR count). The van der Waals surface area contributed by atoms with Crippen molar-refractivity contribution in [1.82, 2.24) is 0 Å². The summed E-state index contributed by atoms with van der Waals surface area (Å²) in [5.41, 5.74) is 0.503. The van der Waals surface area contributed by atoms with E-state index in [2.05, 4.69) is 13.8 Å². The third-order valence-corrected chi connectivity index (χ3v) is 5.48. The maximum absolute atomic E-state index is 11.6. The second-order valence-electron chi connectivity index (χ2n) is 6.60. The van der Waals surface area contributed by atoms with Gasteiger partial charge in [0.15, 0.2) is 0 Å². The van der Waals surface area contributed by atoms with Gasteiger partial charge in [-0.1, -0.05) is 13.8 Å². The fourth-order valence-corrected chi connectivity index (χ4v) is 4.20. The third kappa shape index (κ3) is 1.80. The molecule has 0 spiro atoms. The average Bonchev–Trinajstić information content (AvgIpc) is 2.39. The largest absolute Gasteiger partial charge is 0.469 e. The van der Waals surface area contributed by atoms with E-state index in [0.717, 1.165) is 19.1 Å². The minimum absolute atomic E-state index is 0.144. The van der Waals surface area contributed by atoms with Crippen molar-refractivity contribution in [3.05, 3.63) is 0 Å². The Bertz CT molecular complexity index is 331. The quantitative estimate of drug-likeness (QED) is 0.558. The zero-order valence-electron chi connectivity index (χ0n) is 11.0. The zero-order chi connectivity index (χ0) is 12.7. The first-order chi connectivity index (χ1) is 7.89. The minimum Gasteiger partial charge on any atom is -0.469 e. The Balaban J connectivity index is 2.20. The van der Waals surface area contributed by atoms with Crippen molar-refractivity contribution >= 4 is 12.3 Å². The summed E-state index contributed by atoms with van der Waals surface area (Å²) in [6.07, 6.45) is 6.30. The van der Waals surface area contributed by atoms with Gasteiger partial charge in [-0.15, -0.1) is 0 Å². The van der Waals surface area contributed by atoms with E-state index in [4.69, 9.17) is 4.74 Å². The molecule has 0 N–H and O–H groups in total. The second-order valence-corrected chi connectivity index (χ2v) is 6.60. The molecule has 0 aromatic rings. The van der Waals surface area contributed by atoms with E-state index in [1.54, 1.807) is 0 Å². The molecule has 2 aliphatic rings. The van der Waals surface area contributed by atoms with Gasteiger partial charge in [0.25, 0.3) is 0 Å². The second kappa shape index (κ2) is 3.82. The van der Waals surface area contributed by atoms with E-state index in [-0.39, 0.29) is 11.4 Å². The fourth-order valence-electron chi connectivity index (χ4n) is 4.20. The fraction of sp³-hybridized carbons (Fsp3) is 0.857. The highest BCUT2D eigenvalue weighted by atomic mass is 16.5. The number of ether oxygens (including phenoxy) is 1. The van der Waals surface area contributed by atoms with Gasteiger partial charge in [-0.25, -0.2) is 0 Å². The van der Waals surface area contributed by atoms with Crippen LogP contribution in [0.4, 0.5) is 0 Å². The summed E-state index contributed by atoms with van der Waals surface area (Å²) >= 11 is 0. The molecule has 96 valence electrons. The lowest BCUT2D eigenvalue weighted by Gasteiger charge is -2.52. The van der Waals surface area contributed by atoms with E-state index in [1.165, 1.54) is 20.0 Å². The van der Waals surface area contributed by atoms with Crippen LogP contribution in [0.2, 0.25) is 0 Å². The summed E-state index contributed by atoms with van der Waals surface area (Å²) in [6, 6.07) is 0. The van der Waals surface area contributed by atoms with Gasteiger partial charge in [-0.05, 0) is 41.9 Å². The summed E-state index contributed by atoms with van der Waals surface area (Å²) in [7, 11) is 1.42. The van der Waals surface area contributed by atoms with Crippen LogP contribution in [-0.2, 0) is 14.3 Å². The maximum atomic E-state index is 11.6. The van der Waals surface area contributed by atoms with Crippen LogP contribution < -0.4 is 0 Å². The molecular weight excluding hydrogens is 216 g/mol. The highest BCUT2D eigenvalue weighted by Gasteiger charge is 2.63. The van der Waals surface area contributed by atoms with E-state index in [1.807, 2.05) is 0 Å². The Hall–Kier alpha value is -0.860. The first-order valence-electron chi connectivity index (χ1n) is 6.39. The molecule has 2 aliphatic carbocycles. The first-order valence-corrected chi connectivity index (χ1v) is 6.39. The monoisotopic (exact) mass is 238 g/mol. The lowest BCUT2D eigenvalue weighted by atomic mass is 9.53. The molecule has 0 aromatic heterocycles. The van der Waals surface area contributed by atoms with Gasteiger partial charge in [0.2, 0.25) is 0 Å². The van der Waals surface area contributed by atoms with Gasteiger partial charge >= 0.3 is 5.97 Å². The Morgan fingerprint density at radius 2 is 1.76 bits per heavy atom. The molecule has 2 saturated carbocycles. The Morgan fingerprint density at radius 3 is 2.12 bits per heavy atom. The molecule has 1 unspecified atom stereocenters. The standard InChI is InChI=1S/C14H22O3/c1-12-4-5-13(12,2)10-14(9-12,6-7-15)8-11(16)17-3/h7H,4-6,8-10H2,1-3H3/t12-,13+,14?. The third-order valence-electron chi connectivity index (χ3n) is 5.48. The summed E-state index contributed by atoms with van der Waals surface area (Å²) in [5.74, 6) is -0.180. The Morgan fingerprint density at radius 1 is 1.24 bits per heavy atom. The van der Waals surface area contributed by atoms with Crippen molar-refractivity contribution in [3.63, 3.8) is 0 Å². The van der Waals surface area contributed by atoms with Gasteiger partial charge < -0.3 is 9.53 Å². The molecule has 2 fully saturated rings. The normalized spacial score (nSPS) is 43.7. The van der Waals surface area contributed by atoms with E-state index < -0.39 is 0 Å². The van der Waals surface area contributed by atoms with E-state index >= 15 is 0 Å². The van der Waals surface area contributed by atoms with E-state index in [9.17, 15) is 9.59 Å². The topological polar surface area (TPSA) is 43.4 Å². The van der Waals surface area contributed by atoms with Crippen LogP contribution >= 0.6 is 0 Å². The predicted molar refractivity (Wildman–Crippen MR) is 64.4 cm³/mol. The number of aldehydes is 1. The SMILES string of the molecule is COC(=O)CC1(CC=O)C[C@]2(C)CC[C@]2(C)C1. The molecule has 0 saturated heterocycles. The average molecular weight is 238 g/mol. The van der Waals surface area contributed by atoms with E-state index in [0.29, 0.717) is 23.7 Å². The van der Waals surface area contributed by atoms with Gasteiger partial charge in [-0.2, -0.15) is 0 Å². The molecule has 0 aromatic carbocycles. The first kappa shape index (κ1) is 12.6. The molecule has 17 heavy (non-hydrogen) atoms. The molecule has 0 heterocycles. The molecule has 0 radical (unpaired) electrons. The van der Waals surface area contributed by atoms with Crippen molar-refractivity contribution in [2.24, 2.45) is 16.2 Å². The van der Waals surface area contributed by atoms with Crippen LogP contribution in [0.5, 0.6) is 0 Å². The Kier molecular flexibility index (Phi) is 2.83. The van der Waals surface area contributed by atoms with Gasteiger partial charge in [0.05, 0.1) is 13.5 Å². The van der Waals surface area contributed by atoms with Crippen molar-refractivity contribution < 1.29 is 14.3 Å². The van der Waals surface area contributed by atoms with Crippen molar-refractivity contribution in [2.45, 2.75) is 52.4 Å². The van der Waals surface area contributed by atoms with Crippen molar-refractivity contribution in [3.8, 4) is 0 Å². The molecule has 3 nitrogen and oxygen atoms in total. The number of fused-ring (bicyclic) bond motifs is 1. The van der Waals surface area contributed by atoms with Crippen LogP contribution in [0, 0.1) is 16.2 Å². The van der Waals surface area contributed by atoms with Crippen LogP contribution in [0.1, 0.15) is 52.4 Å². The summed E-state index contributed by atoms with van der Waals surface area (Å²) < 4.78 is 4.79. The number of rotatable bonds is 4. The predicted octanol–water partition coefficient (Wildman–Crippen LogP) is 2.73.